The monoisotopic (exact) mass is 648 g/mol. The number of benzene rings is 4. The lowest BCUT2D eigenvalue weighted by Gasteiger charge is -2.31. The van der Waals surface area contributed by atoms with Crippen molar-refractivity contribution in [2.75, 3.05) is 41.3 Å². The molecule has 2 aliphatic rings. The second kappa shape index (κ2) is 15.2. The summed E-state index contributed by atoms with van der Waals surface area (Å²) in [6, 6.07) is 24.6. The molecular formula is C40H42F2N4O2. The number of nitrogens with zero attached hydrogens (tertiary/aromatic N) is 4. The topological polar surface area (TPSA) is 33.7 Å². The molecule has 2 aliphatic heterocycles. The van der Waals surface area contributed by atoms with Gasteiger partial charge in [0.05, 0.1) is 26.4 Å². The SMILES string of the molecule is [C-]#[N+]c1ccc2c(c1)CO[C@@]2(CCCN(C)C)c1ccc(F)cc1.[C-]#[N+]c1ccc2c(c1)CO[C@@]2(CCCN(C)C)c1ccc(F)cc1. The summed E-state index contributed by atoms with van der Waals surface area (Å²) in [5, 5.41) is 0. The second-order valence-corrected chi connectivity index (χ2v) is 13.0. The lowest BCUT2D eigenvalue weighted by molar-refractivity contribution is -0.0141. The molecule has 2 atom stereocenters. The van der Waals surface area contributed by atoms with Crippen LogP contribution < -0.4 is 0 Å². The van der Waals surface area contributed by atoms with Gasteiger partial charge in [0.2, 0.25) is 0 Å². The molecule has 4 aromatic carbocycles. The zero-order chi connectivity index (χ0) is 34.3. The normalized spacial score (nSPS) is 19.3. The van der Waals surface area contributed by atoms with Gasteiger partial charge in [-0.2, -0.15) is 0 Å². The third-order valence-corrected chi connectivity index (χ3v) is 9.14. The Morgan fingerprint density at radius 3 is 1.31 bits per heavy atom. The van der Waals surface area contributed by atoms with E-state index < -0.39 is 11.2 Å². The smallest absolute Gasteiger partial charge is 0.187 e. The molecular weight excluding hydrogens is 606 g/mol. The first kappa shape index (κ1) is 34.9. The summed E-state index contributed by atoms with van der Waals surface area (Å²) in [5.41, 5.74) is 6.38. The van der Waals surface area contributed by atoms with E-state index >= 15 is 0 Å². The van der Waals surface area contributed by atoms with Crippen molar-refractivity contribution in [3.8, 4) is 0 Å². The molecule has 0 aliphatic carbocycles. The molecule has 4 aromatic rings. The maximum Gasteiger partial charge on any atom is 0.187 e. The first-order valence-corrected chi connectivity index (χ1v) is 16.2. The average molecular weight is 649 g/mol. The van der Waals surface area contributed by atoms with Crippen molar-refractivity contribution in [3.63, 3.8) is 0 Å². The Balaban J connectivity index is 0.000000188. The summed E-state index contributed by atoms with van der Waals surface area (Å²) in [6.45, 7) is 17.3. The van der Waals surface area contributed by atoms with Gasteiger partial charge < -0.3 is 19.3 Å². The second-order valence-electron chi connectivity index (χ2n) is 13.0. The molecule has 0 aromatic heterocycles. The summed E-state index contributed by atoms with van der Waals surface area (Å²) in [6.07, 6.45) is 3.57. The van der Waals surface area contributed by atoms with Crippen molar-refractivity contribution < 1.29 is 18.3 Å². The molecule has 2 heterocycles. The summed E-state index contributed by atoms with van der Waals surface area (Å²) in [4.78, 5) is 11.3. The number of halogens is 2. The Bertz CT molecular complexity index is 1660. The summed E-state index contributed by atoms with van der Waals surface area (Å²) >= 11 is 0. The minimum atomic E-state index is -0.556. The Kier molecular flexibility index (Phi) is 11.0. The van der Waals surface area contributed by atoms with Crippen molar-refractivity contribution in [1.82, 2.24) is 9.80 Å². The van der Waals surface area contributed by atoms with Gasteiger partial charge in [0.25, 0.3) is 0 Å². The van der Waals surface area contributed by atoms with E-state index in [0.717, 1.165) is 72.2 Å². The first-order chi connectivity index (χ1) is 23.1. The van der Waals surface area contributed by atoms with E-state index in [4.69, 9.17) is 22.6 Å². The summed E-state index contributed by atoms with van der Waals surface area (Å²) in [5.74, 6) is -0.493. The first-order valence-electron chi connectivity index (χ1n) is 16.2. The van der Waals surface area contributed by atoms with E-state index in [2.05, 4.69) is 47.7 Å². The van der Waals surface area contributed by atoms with Crippen LogP contribution in [0.2, 0.25) is 0 Å². The molecule has 0 N–H and O–H groups in total. The predicted molar refractivity (Wildman–Crippen MR) is 185 cm³/mol. The van der Waals surface area contributed by atoms with E-state index in [9.17, 15) is 8.78 Å². The molecule has 6 rings (SSSR count). The van der Waals surface area contributed by atoms with Crippen LogP contribution in [-0.4, -0.2) is 51.1 Å². The van der Waals surface area contributed by atoms with Crippen LogP contribution in [0, 0.1) is 24.8 Å². The van der Waals surface area contributed by atoms with E-state index in [1.54, 1.807) is 0 Å². The number of fused-ring (bicyclic) bond motifs is 2. The maximum absolute atomic E-state index is 13.4. The highest BCUT2D eigenvalue weighted by Gasteiger charge is 2.42. The number of hydrogen-bond acceptors (Lipinski definition) is 4. The zero-order valence-electron chi connectivity index (χ0n) is 28.1. The standard InChI is InChI=1S/2C20H21FN2O/c2*1-22-18-9-10-19-15(13-18)14-24-20(19,11-4-12-23(2)3)16-5-7-17(21)8-6-16/h2*5-10,13H,4,11-12,14H2,2-3H3/t2*20-/m00/s1. The molecule has 0 unspecified atom stereocenters. The van der Waals surface area contributed by atoms with E-state index in [1.165, 1.54) is 24.3 Å². The maximum atomic E-state index is 13.4. The van der Waals surface area contributed by atoms with Crippen molar-refractivity contribution in [2.24, 2.45) is 0 Å². The van der Waals surface area contributed by atoms with Crippen LogP contribution in [0.3, 0.4) is 0 Å². The van der Waals surface area contributed by atoms with Gasteiger partial charge in [-0.3, -0.25) is 0 Å². The zero-order valence-corrected chi connectivity index (χ0v) is 28.1. The predicted octanol–water partition coefficient (Wildman–Crippen LogP) is 8.98. The van der Waals surface area contributed by atoms with Gasteiger partial charge in [-0.25, -0.2) is 18.5 Å². The van der Waals surface area contributed by atoms with Crippen LogP contribution in [0.4, 0.5) is 20.2 Å². The molecule has 0 spiro atoms. The highest BCUT2D eigenvalue weighted by molar-refractivity contribution is 5.55. The molecule has 0 bridgehead atoms. The van der Waals surface area contributed by atoms with Crippen LogP contribution in [-0.2, 0) is 33.9 Å². The van der Waals surface area contributed by atoms with Crippen molar-refractivity contribution in [3.05, 3.63) is 153 Å². The average Bonchev–Trinajstić information content (AvgIpc) is 3.64. The molecule has 0 amide bonds. The fraction of sp³-hybridized carbons (Fsp3) is 0.350. The van der Waals surface area contributed by atoms with E-state index in [1.807, 2.05) is 60.7 Å². The van der Waals surface area contributed by atoms with Gasteiger partial charge in [0, 0.05) is 0 Å². The number of hydrogen-bond donors (Lipinski definition) is 0. The molecule has 48 heavy (non-hydrogen) atoms. The highest BCUT2D eigenvalue weighted by Crippen LogP contribution is 2.47. The van der Waals surface area contributed by atoms with Gasteiger partial charge in [0.15, 0.2) is 11.4 Å². The Morgan fingerprint density at radius 2 is 0.979 bits per heavy atom. The Labute approximate surface area is 283 Å². The van der Waals surface area contributed by atoms with Crippen LogP contribution in [0.15, 0.2) is 84.9 Å². The molecule has 0 saturated heterocycles. The van der Waals surface area contributed by atoms with E-state index in [-0.39, 0.29) is 11.6 Å². The number of rotatable bonds is 10. The molecule has 0 saturated carbocycles. The van der Waals surface area contributed by atoms with Gasteiger partial charge in [-0.05, 0) is 125 Å². The van der Waals surface area contributed by atoms with Crippen molar-refractivity contribution >= 4 is 11.4 Å². The van der Waals surface area contributed by atoms with Crippen LogP contribution in [0.25, 0.3) is 9.69 Å². The van der Waals surface area contributed by atoms with Crippen LogP contribution >= 0.6 is 0 Å². The van der Waals surface area contributed by atoms with E-state index in [0.29, 0.717) is 24.6 Å². The summed E-state index contributed by atoms with van der Waals surface area (Å²) in [7, 11) is 8.21. The molecule has 0 fully saturated rings. The third-order valence-electron chi connectivity index (χ3n) is 9.14. The quantitative estimate of drug-likeness (QED) is 0.161. The summed E-state index contributed by atoms with van der Waals surface area (Å²) < 4.78 is 39.3. The van der Waals surface area contributed by atoms with Crippen LogP contribution in [0.1, 0.15) is 59.1 Å². The lowest BCUT2D eigenvalue weighted by Crippen LogP contribution is -2.28. The fourth-order valence-electron chi connectivity index (χ4n) is 6.79. The minimum absolute atomic E-state index is 0.247. The lowest BCUT2D eigenvalue weighted by atomic mass is 9.82. The highest BCUT2D eigenvalue weighted by atomic mass is 19.1. The van der Waals surface area contributed by atoms with Crippen molar-refractivity contribution in [1.29, 1.82) is 0 Å². The Hall–Kier alpha value is -4.44. The van der Waals surface area contributed by atoms with Gasteiger partial charge in [-0.1, -0.05) is 60.7 Å². The largest absolute Gasteiger partial charge is 0.361 e. The van der Waals surface area contributed by atoms with Gasteiger partial charge in [0.1, 0.15) is 22.8 Å². The molecule has 8 heteroatoms. The molecule has 248 valence electrons. The molecule has 6 nitrogen and oxygen atoms in total. The minimum Gasteiger partial charge on any atom is -0.361 e. The third kappa shape index (κ3) is 7.49. The Morgan fingerprint density at radius 1 is 0.604 bits per heavy atom. The number of ether oxygens (including phenoxy) is 2. The molecule has 0 radical (unpaired) electrons. The fourth-order valence-corrected chi connectivity index (χ4v) is 6.79. The van der Waals surface area contributed by atoms with Crippen LogP contribution in [0.5, 0.6) is 0 Å². The van der Waals surface area contributed by atoms with Gasteiger partial charge in [-0.15, -0.1) is 0 Å². The van der Waals surface area contributed by atoms with Gasteiger partial charge >= 0.3 is 0 Å². The van der Waals surface area contributed by atoms with Crippen molar-refractivity contribution in [2.45, 2.75) is 50.1 Å².